The third kappa shape index (κ3) is 3.39. The van der Waals surface area contributed by atoms with Gasteiger partial charge in [0.1, 0.15) is 5.82 Å². The number of thioether (sulfide) groups is 1. The average Bonchev–Trinajstić information content (AvgIpc) is 2.74. The molecular formula is C11H16N2OS. The molecule has 0 aliphatic carbocycles. The first-order chi connectivity index (χ1) is 7.34. The second kappa shape index (κ2) is 5.37. The van der Waals surface area contributed by atoms with E-state index in [4.69, 9.17) is 10.5 Å². The van der Waals surface area contributed by atoms with Crippen molar-refractivity contribution >= 4 is 17.6 Å². The summed E-state index contributed by atoms with van der Waals surface area (Å²) in [6.07, 6.45) is 5.89. The monoisotopic (exact) mass is 224 g/mol. The predicted molar refractivity (Wildman–Crippen MR) is 63.0 cm³/mol. The van der Waals surface area contributed by atoms with Crippen LogP contribution in [0.15, 0.2) is 23.2 Å². The van der Waals surface area contributed by atoms with Gasteiger partial charge in [0.2, 0.25) is 0 Å². The van der Waals surface area contributed by atoms with Gasteiger partial charge in [0.25, 0.3) is 0 Å². The summed E-state index contributed by atoms with van der Waals surface area (Å²) in [5, 5.41) is 0. The van der Waals surface area contributed by atoms with Crippen LogP contribution in [-0.2, 0) is 4.74 Å². The van der Waals surface area contributed by atoms with Gasteiger partial charge in [0, 0.05) is 23.5 Å². The van der Waals surface area contributed by atoms with Gasteiger partial charge in [-0.2, -0.15) is 0 Å². The van der Waals surface area contributed by atoms with Crippen LogP contribution in [0.25, 0.3) is 0 Å². The topological polar surface area (TPSA) is 48.1 Å². The lowest BCUT2D eigenvalue weighted by Crippen LogP contribution is -2.05. The number of ether oxygens (including phenoxy) is 1. The Labute approximate surface area is 94.4 Å². The maximum absolute atomic E-state index is 5.56. The molecule has 15 heavy (non-hydrogen) atoms. The number of hydrogen-bond acceptors (Lipinski definition) is 4. The van der Waals surface area contributed by atoms with Crippen LogP contribution in [-0.4, -0.2) is 23.4 Å². The summed E-state index contributed by atoms with van der Waals surface area (Å²) in [5.74, 6) is 1.68. The van der Waals surface area contributed by atoms with Gasteiger partial charge >= 0.3 is 0 Å². The Kier molecular flexibility index (Phi) is 3.86. The number of nitrogens with zero attached hydrogens (tertiary/aromatic N) is 1. The SMILES string of the molecule is Nc1ccc(SCCC2CCCO2)cn1. The van der Waals surface area contributed by atoms with Crippen LogP contribution >= 0.6 is 11.8 Å². The highest BCUT2D eigenvalue weighted by atomic mass is 32.2. The Morgan fingerprint density at radius 3 is 3.13 bits per heavy atom. The van der Waals surface area contributed by atoms with Crippen molar-refractivity contribution in [1.29, 1.82) is 0 Å². The molecule has 2 rings (SSSR count). The molecule has 0 bridgehead atoms. The smallest absolute Gasteiger partial charge is 0.123 e. The summed E-state index contributed by atoms with van der Waals surface area (Å²) in [5.41, 5.74) is 5.51. The zero-order valence-electron chi connectivity index (χ0n) is 8.69. The van der Waals surface area contributed by atoms with E-state index in [9.17, 15) is 0 Å². The highest BCUT2D eigenvalue weighted by molar-refractivity contribution is 7.99. The normalized spacial score (nSPS) is 20.7. The first-order valence-electron chi connectivity index (χ1n) is 5.30. The fourth-order valence-corrected chi connectivity index (χ4v) is 2.57. The highest BCUT2D eigenvalue weighted by Crippen LogP contribution is 2.22. The van der Waals surface area contributed by atoms with Gasteiger partial charge in [-0.3, -0.25) is 0 Å². The molecule has 1 fully saturated rings. The van der Waals surface area contributed by atoms with E-state index in [-0.39, 0.29) is 0 Å². The molecule has 1 atom stereocenters. The van der Waals surface area contributed by atoms with Crippen molar-refractivity contribution in [1.82, 2.24) is 4.98 Å². The molecule has 82 valence electrons. The molecule has 1 aromatic rings. The Hall–Kier alpha value is -0.740. The minimum absolute atomic E-state index is 0.485. The average molecular weight is 224 g/mol. The van der Waals surface area contributed by atoms with Gasteiger partial charge in [0.15, 0.2) is 0 Å². The van der Waals surface area contributed by atoms with Crippen LogP contribution in [0.5, 0.6) is 0 Å². The molecule has 0 saturated carbocycles. The van der Waals surface area contributed by atoms with E-state index in [1.807, 2.05) is 30.1 Å². The lowest BCUT2D eigenvalue weighted by molar-refractivity contribution is 0.109. The van der Waals surface area contributed by atoms with E-state index in [0.29, 0.717) is 11.9 Å². The number of hydrogen-bond donors (Lipinski definition) is 1. The fraction of sp³-hybridized carbons (Fsp3) is 0.545. The maximum Gasteiger partial charge on any atom is 0.123 e. The summed E-state index contributed by atoms with van der Waals surface area (Å²) >= 11 is 1.82. The van der Waals surface area contributed by atoms with E-state index < -0.39 is 0 Å². The van der Waals surface area contributed by atoms with E-state index in [1.54, 1.807) is 0 Å². The molecule has 3 nitrogen and oxygen atoms in total. The van der Waals surface area contributed by atoms with Crippen molar-refractivity contribution in [2.24, 2.45) is 0 Å². The van der Waals surface area contributed by atoms with Crippen molar-refractivity contribution in [2.75, 3.05) is 18.1 Å². The summed E-state index contributed by atoms with van der Waals surface area (Å²) in [4.78, 5) is 5.24. The molecule has 1 aliphatic rings. The Balaban J connectivity index is 1.71. The zero-order valence-corrected chi connectivity index (χ0v) is 9.50. The second-order valence-corrected chi connectivity index (χ2v) is 4.86. The molecule has 1 saturated heterocycles. The predicted octanol–water partition coefficient (Wildman–Crippen LogP) is 2.33. The van der Waals surface area contributed by atoms with Crippen LogP contribution in [0.3, 0.4) is 0 Å². The third-order valence-corrected chi connectivity index (χ3v) is 3.51. The molecule has 1 aliphatic heterocycles. The molecule has 0 radical (unpaired) electrons. The molecule has 1 unspecified atom stereocenters. The minimum atomic E-state index is 0.485. The van der Waals surface area contributed by atoms with E-state index in [1.165, 1.54) is 17.7 Å². The van der Waals surface area contributed by atoms with Crippen molar-refractivity contribution in [2.45, 2.75) is 30.3 Å². The first kappa shape index (κ1) is 10.8. The number of nitrogen functional groups attached to an aromatic ring is 1. The summed E-state index contributed by atoms with van der Waals surface area (Å²) in [6, 6.07) is 3.86. The van der Waals surface area contributed by atoms with E-state index >= 15 is 0 Å². The van der Waals surface area contributed by atoms with Gasteiger partial charge in [-0.15, -0.1) is 11.8 Å². The lowest BCUT2D eigenvalue weighted by atomic mass is 10.2. The zero-order chi connectivity index (χ0) is 10.5. The van der Waals surface area contributed by atoms with E-state index in [0.717, 1.165) is 18.8 Å². The van der Waals surface area contributed by atoms with Crippen molar-refractivity contribution in [3.05, 3.63) is 18.3 Å². The van der Waals surface area contributed by atoms with Gasteiger partial charge in [-0.25, -0.2) is 4.98 Å². The van der Waals surface area contributed by atoms with Crippen LogP contribution in [0, 0.1) is 0 Å². The third-order valence-electron chi connectivity index (χ3n) is 2.49. The largest absolute Gasteiger partial charge is 0.384 e. The van der Waals surface area contributed by atoms with Crippen LogP contribution in [0.2, 0.25) is 0 Å². The van der Waals surface area contributed by atoms with Crippen LogP contribution in [0.4, 0.5) is 5.82 Å². The van der Waals surface area contributed by atoms with E-state index in [2.05, 4.69) is 4.98 Å². The van der Waals surface area contributed by atoms with Crippen LogP contribution in [0.1, 0.15) is 19.3 Å². The number of aromatic nitrogens is 1. The number of nitrogens with two attached hydrogens (primary N) is 1. The van der Waals surface area contributed by atoms with Gasteiger partial charge in [-0.05, 0) is 31.4 Å². The Bertz CT molecular complexity index is 296. The molecular weight excluding hydrogens is 208 g/mol. The van der Waals surface area contributed by atoms with Crippen LogP contribution < -0.4 is 5.73 Å². The standard InChI is InChI=1S/C11H16N2OS/c12-11-4-3-10(8-13-11)15-7-5-9-2-1-6-14-9/h3-4,8-9H,1-2,5-7H2,(H2,12,13). The Morgan fingerprint density at radius 2 is 2.47 bits per heavy atom. The quantitative estimate of drug-likeness (QED) is 0.797. The van der Waals surface area contributed by atoms with Gasteiger partial charge in [-0.1, -0.05) is 0 Å². The fourth-order valence-electron chi connectivity index (χ4n) is 1.66. The summed E-state index contributed by atoms with van der Waals surface area (Å²) < 4.78 is 5.56. The minimum Gasteiger partial charge on any atom is -0.384 e. The summed E-state index contributed by atoms with van der Waals surface area (Å²) in [7, 11) is 0. The van der Waals surface area contributed by atoms with Gasteiger partial charge in [0.05, 0.1) is 6.10 Å². The number of anilines is 1. The van der Waals surface area contributed by atoms with Crippen molar-refractivity contribution in [3.63, 3.8) is 0 Å². The molecule has 2 heterocycles. The molecule has 1 aromatic heterocycles. The molecule has 0 amide bonds. The Morgan fingerprint density at radius 1 is 1.53 bits per heavy atom. The molecule has 0 spiro atoms. The first-order valence-corrected chi connectivity index (χ1v) is 6.29. The highest BCUT2D eigenvalue weighted by Gasteiger charge is 2.14. The molecule has 0 aromatic carbocycles. The molecule has 4 heteroatoms. The summed E-state index contributed by atoms with van der Waals surface area (Å²) in [6.45, 7) is 0.943. The van der Waals surface area contributed by atoms with Crippen molar-refractivity contribution < 1.29 is 4.74 Å². The lowest BCUT2D eigenvalue weighted by Gasteiger charge is -2.08. The number of pyridine rings is 1. The van der Waals surface area contributed by atoms with Gasteiger partial charge < -0.3 is 10.5 Å². The second-order valence-electron chi connectivity index (χ2n) is 3.69. The molecule has 2 N–H and O–H groups in total. The maximum atomic E-state index is 5.56. The number of rotatable bonds is 4. The van der Waals surface area contributed by atoms with Crippen molar-refractivity contribution in [3.8, 4) is 0 Å².